The highest BCUT2D eigenvalue weighted by molar-refractivity contribution is 5.77. The highest BCUT2D eigenvalue weighted by atomic mass is 16.4. The summed E-state index contributed by atoms with van der Waals surface area (Å²) >= 11 is 0. The lowest BCUT2D eigenvalue weighted by Crippen LogP contribution is -2.41. The van der Waals surface area contributed by atoms with Crippen LogP contribution in [0.1, 0.15) is 39.0 Å². The van der Waals surface area contributed by atoms with Crippen LogP contribution in [0.15, 0.2) is 0 Å². The summed E-state index contributed by atoms with van der Waals surface area (Å²) in [5, 5.41) is 11.8. The number of nitrogens with one attached hydrogen (secondary N) is 1. The van der Waals surface area contributed by atoms with Crippen molar-refractivity contribution in [1.82, 2.24) is 5.32 Å². The minimum absolute atomic E-state index is 0.00102. The van der Waals surface area contributed by atoms with Crippen LogP contribution in [0.3, 0.4) is 0 Å². The Morgan fingerprint density at radius 2 is 2.19 bits per heavy atom. The SMILES string of the molecule is CC(N)CC(=O)NC1CCCC(C(=O)O)C1. The Morgan fingerprint density at radius 3 is 2.75 bits per heavy atom. The summed E-state index contributed by atoms with van der Waals surface area (Å²) in [5.74, 6) is -1.15. The molecule has 0 bridgehead atoms. The molecular formula is C11H20N2O3. The van der Waals surface area contributed by atoms with Gasteiger partial charge < -0.3 is 16.2 Å². The number of nitrogens with two attached hydrogens (primary N) is 1. The molecule has 5 nitrogen and oxygen atoms in total. The molecule has 4 N–H and O–H groups in total. The van der Waals surface area contributed by atoms with E-state index in [1.54, 1.807) is 6.92 Å². The predicted octanol–water partition coefficient (Wildman–Crippen LogP) is 0.483. The number of carboxylic acids is 1. The molecule has 0 saturated heterocycles. The molecule has 0 radical (unpaired) electrons. The van der Waals surface area contributed by atoms with Gasteiger partial charge in [-0.3, -0.25) is 9.59 Å². The van der Waals surface area contributed by atoms with Gasteiger partial charge in [0.2, 0.25) is 5.91 Å². The van der Waals surface area contributed by atoms with E-state index in [0.29, 0.717) is 12.8 Å². The van der Waals surface area contributed by atoms with E-state index in [1.165, 1.54) is 0 Å². The summed E-state index contributed by atoms with van der Waals surface area (Å²) in [6.07, 6.45) is 3.29. The van der Waals surface area contributed by atoms with Gasteiger partial charge in [-0.25, -0.2) is 0 Å². The Labute approximate surface area is 95.4 Å². The standard InChI is InChI=1S/C11H20N2O3/c1-7(12)5-10(14)13-9-4-2-3-8(6-9)11(15)16/h7-9H,2-6,12H2,1H3,(H,13,14)(H,15,16). The molecule has 16 heavy (non-hydrogen) atoms. The van der Waals surface area contributed by atoms with Crippen LogP contribution in [-0.4, -0.2) is 29.1 Å². The average Bonchev–Trinajstić information content (AvgIpc) is 2.16. The van der Waals surface area contributed by atoms with E-state index in [4.69, 9.17) is 10.8 Å². The van der Waals surface area contributed by atoms with E-state index >= 15 is 0 Å². The monoisotopic (exact) mass is 228 g/mol. The Bertz CT molecular complexity index is 266. The molecule has 1 aliphatic rings. The molecule has 1 fully saturated rings. The van der Waals surface area contributed by atoms with E-state index in [2.05, 4.69) is 5.32 Å². The first-order chi connectivity index (χ1) is 7.49. The molecule has 1 saturated carbocycles. The predicted molar refractivity (Wildman–Crippen MR) is 59.8 cm³/mol. The van der Waals surface area contributed by atoms with Crippen molar-refractivity contribution >= 4 is 11.9 Å². The van der Waals surface area contributed by atoms with Crippen LogP contribution in [-0.2, 0) is 9.59 Å². The van der Waals surface area contributed by atoms with Gasteiger partial charge >= 0.3 is 5.97 Å². The number of rotatable bonds is 4. The van der Waals surface area contributed by atoms with E-state index in [0.717, 1.165) is 19.3 Å². The van der Waals surface area contributed by atoms with Crippen molar-refractivity contribution in [2.24, 2.45) is 11.7 Å². The molecule has 0 aromatic rings. The molecule has 3 unspecified atom stereocenters. The van der Waals surface area contributed by atoms with Gasteiger partial charge in [0.05, 0.1) is 5.92 Å². The number of hydrogen-bond donors (Lipinski definition) is 3. The molecule has 0 heterocycles. The zero-order valence-electron chi connectivity index (χ0n) is 9.61. The first-order valence-electron chi connectivity index (χ1n) is 5.76. The third-order valence-electron chi connectivity index (χ3n) is 2.90. The Balaban J connectivity index is 2.37. The van der Waals surface area contributed by atoms with Gasteiger partial charge in [0, 0.05) is 18.5 Å². The second-order valence-electron chi connectivity index (χ2n) is 4.65. The molecule has 0 aliphatic heterocycles. The zero-order valence-corrected chi connectivity index (χ0v) is 9.61. The maximum absolute atomic E-state index is 11.5. The first-order valence-corrected chi connectivity index (χ1v) is 5.76. The summed E-state index contributed by atoms with van der Waals surface area (Å²) in [6.45, 7) is 1.78. The van der Waals surface area contributed by atoms with Crippen molar-refractivity contribution in [3.05, 3.63) is 0 Å². The third kappa shape index (κ3) is 4.18. The van der Waals surface area contributed by atoms with Crippen LogP contribution in [0.25, 0.3) is 0 Å². The summed E-state index contributed by atoms with van der Waals surface area (Å²) in [6, 6.07) is -0.153. The van der Waals surface area contributed by atoms with Gasteiger partial charge in [-0.15, -0.1) is 0 Å². The maximum Gasteiger partial charge on any atom is 0.306 e. The van der Waals surface area contributed by atoms with E-state index < -0.39 is 5.97 Å². The van der Waals surface area contributed by atoms with Crippen molar-refractivity contribution in [3.63, 3.8) is 0 Å². The number of carbonyl (C=O) groups excluding carboxylic acids is 1. The lowest BCUT2D eigenvalue weighted by atomic mass is 9.85. The molecule has 0 spiro atoms. The van der Waals surface area contributed by atoms with Crippen molar-refractivity contribution in [1.29, 1.82) is 0 Å². The quantitative estimate of drug-likeness (QED) is 0.652. The smallest absolute Gasteiger partial charge is 0.306 e. The number of hydrogen-bond acceptors (Lipinski definition) is 3. The fourth-order valence-corrected chi connectivity index (χ4v) is 2.12. The fourth-order valence-electron chi connectivity index (χ4n) is 2.12. The minimum atomic E-state index is -0.758. The minimum Gasteiger partial charge on any atom is -0.481 e. The van der Waals surface area contributed by atoms with Crippen molar-refractivity contribution in [2.75, 3.05) is 0 Å². The topological polar surface area (TPSA) is 92.4 Å². The summed E-state index contributed by atoms with van der Waals surface area (Å²) in [4.78, 5) is 22.3. The van der Waals surface area contributed by atoms with Crippen LogP contribution >= 0.6 is 0 Å². The summed E-state index contributed by atoms with van der Waals surface area (Å²) in [7, 11) is 0. The van der Waals surface area contributed by atoms with Crippen LogP contribution in [0.5, 0.6) is 0 Å². The van der Waals surface area contributed by atoms with Crippen LogP contribution in [0.2, 0.25) is 0 Å². The maximum atomic E-state index is 11.5. The van der Waals surface area contributed by atoms with Gasteiger partial charge in [-0.2, -0.15) is 0 Å². The average molecular weight is 228 g/mol. The van der Waals surface area contributed by atoms with Gasteiger partial charge in [-0.05, 0) is 26.2 Å². The van der Waals surface area contributed by atoms with Crippen molar-refractivity contribution < 1.29 is 14.7 Å². The first kappa shape index (κ1) is 13.0. The number of carbonyl (C=O) groups is 2. The molecule has 1 rings (SSSR count). The van der Waals surface area contributed by atoms with Crippen LogP contribution in [0, 0.1) is 5.92 Å². The zero-order chi connectivity index (χ0) is 12.1. The Kier molecular flexibility index (Phi) is 4.73. The molecule has 1 aliphatic carbocycles. The van der Waals surface area contributed by atoms with Gasteiger partial charge in [0.1, 0.15) is 0 Å². The summed E-state index contributed by atoms with van der Waals surface area (Å²) < 4.78 is 0. The second-order valence-corrected chi connectivity index (χ2v) is 4.65. The number of aliphatic carboxylic acids is 1. The molecule has 5 heteroatoms. The van der Waals surface area contributed by atoms with Crippen molar-refractivity contribution in [2.45, 2.75) is 51.1 Å². The lowest BCUT2D eigenvalue weighted by molar-refractivity contribution is -0.143. The van der Waals surface area contributed by atoms with E-state index in [-0.39, 0.29) is 23.9 Å². The Morgan fingerprint density at radius 1 is 1.50 bits per heavy atom. The van der Waals surface area contributed by atoms with Gasteiger partial charge in [-0.1, -0.05) is 6.42 Å². The molecule has 0 aromatic carbocycles. The molecular weight excluding hydrogens is 208 g/mol. The summed E-state index contributed by atoms with van der Waals surface area (Å²) in [5.41, 5.74) is 5.52. The highest BCUT2D eigenvalue weighted by Crippen LogP contribution is 2.24. The van der Waals surface area contributed by atoms with Gasteiger partial charge in [0.25, 0.3) is 0 Å². The lowest BCUT2D eigenvalue weighted by Gasteiger charge is -2.27. The molecule has 0 aromatic heterocycles. The Hall–Kier alpha value is -1.10. The van der Waals surface area contributed by atoms with Crippen LogP contribution in [0.4, 0.5) is 0 Å². The van der Waals surface area contributed by atoms with E-state index in [1.807, 2.05) is 0 Å². The molecule has 92 valence electrons. The number of amides is 1. The second kappa shape index (κ2) is 5.84. The largest absolute Gasteiger partial charge is 0.481 e. The molecule has 1 amide bonds. The normalized spacial score (nSPS) is 27.1. The third-order valence-corrected chi connectivity index (χ3v) is 2.90. The highest BCUT2D eigenvalue weighted by Gasteiger charge is 2.27. The fraction of sp³-hybridized carbons (Fsp3) is 0.818. The van der Waals surface area contributed by atoms with Crippen molar-refractivity contribution in [3.8, 4) is 0 Å². The van der Waals surface area contributed by atoms with Crippen LogP contribution < -0.4 is 11.1 Å². The molecule has 3 atom stereocenters. The van der Waals surface area contributed by atoms with E-state index in [9.17, 15) is 9.59 Å². The van der Waals surface area contributed by atoms with Gasteiger partial charge in [0.15, 0.2) is 0 Å². The number of carboxylic acid groups (broad SMARTS) is 1.